The second-order valence-corrected chi connectivity index (χ2v) is 6.35. The van der Waals surface area contributed by atoms with Crippen LogP contribution in [-0.4, -0.2) is 9.96 Å². The van der Waals surface area contributed by atoms with Gasteiger partial charge in [-0.2, -0.15) is 0 Å². The predicted molar refractivity (Wildman–Crippen MR) is 70.1 cm³/mol. The minimum Gasteiger partial charge on any atom is -0.399 e. The van der Waals surface area contributed by atoms with Gasteiger partial charge in [0.2, 0.25) is 0 Å². The van der Waals surface area contributed by atoms with Gasteiger partial charge in [0.05, 0.1) is 0 Å². The lowest BCUT2D eigenvalue weighted by Gasteiger charge is -2.07. The molecule has 1 aromatic carbocycles. The van der Waals surface area contributed by atoms with E-state index in [0.29, 0.717) is 11.7 Å². The van der Waals surface area contributed by atoms with E-state index in [1.165, 1.54) is 0 Å². The van der Waals surface area contributed by atoms with E-state index in [4.69, 9.17) is 5.73 Å². The summed E-state index contributed by atoms with van der Waals surface area (Å²) in [7, 11) is -0.789. The second kappa shape index (κ2) is 5.66. The van der Waals surface area contributed by atoms with Gasteiger partial charge in [0.1, 0.15) is 0 Å². The van der Waals surface area contributed by atoms with Crippen molar-refractivity contribution in [2.45, 2.75) is 19.6 Å². The van der Waals surface area contributed by atoms with Gasteiger partial charge in [-0.05, 0) is 23.6 Å². The van der Waals surface area contributed by atoms with E-state index in [2.05, 4.69) is 29.8 Å². The molecule has 0 aliphatic rings. The van der Waals surface area contributed by atoms with Crippen molar-refractivity contribution < 1.29 is 4.21 Å². The Morgan fingerprint density at radius 1 is 1.47 bits per heavy atom. The molecule has 0 saturated heterocycles. The SMILES string of the molecule is CC(C)CS(=O)Cc1ccc(N)cc1Br. The number of nitrogen functional groups attached to an aromatic ring is 1. The first-order chi connectivity index (χ1) is 6.99. The average Bonchev–Trinajstić information content (AvgIpc) is 2.08. The number of nitrogens with two attached hydrogens (primary N) is 1. The van der Waals surface area contributed by atoms with Crippen LogP contribution in [0.25, 0.3) is 0 Å². The summed E-state index contributed by atoms with van der Waals surface area (Å²) in [5.41, 5.74) is 7.41. The third kappa shape index (κ3) is 4.34. The Morgan fingerprint density at radius 2 is 2.13 bits per heavy atom. The zero-order valence-electron chi connectivity index (χ0n) is 9.00. The summed E-state index contributed by atoms with van der Waals surface area (Å²) in [5.74, 6) is 1.81. The van der Waals surface area contributed by atoms with Gasteiger partial charge in [0.15, 0.2) is 0 Å². The molecule has 1 unspecified atom stereocenters. The van der Waals surface area contributed by atoms with Gasteiger partial charge < -0.3 is 5.73 Å². The first-order valence-electron chi connectivity index (χ1n) is 4.88. The zero-order chi connectivity index (χ0) is 11.4. The topological polar surface area (TPSA) is 43.1 Å². The van der Waals surface area contributed by atoms with Gasteiger partial charge >= 0.3 is 0 Å². The highest BCUT2D eigenvalue weighted by atomic mass is 79.9. The van der Waals surface area contributed by atoms with Crippen molar-refractivity contribution in [1.29, 1.82) is 0 Å². The molecule has 1 atom stereocenters. The Bertz CT molecular complexity index is 366. The van der Waals surface area contributed by atoms with Crippen LogP contribution in [0.15, 0.2) is 22.7 Å². The Kier molecular flexibility index (Phi) is 4.80. The van der Waals surface area contributed by atoms with Crippen LogP contribution in [0.1, 0.15) is 19.4 Å². The Labute approximate surface area is 102 Å². The summed E-state index contributed by atoms with van der Waals surface area (Å²) in [6.45, 7) is 4.16. The number of hydrogen-bond donors (Lipinski definition) is 1. The van der Waals surface area contributed by atoms with Crippen LogP contribution in [0.3, 0.4) is 0 Å². The number of rotatable bonds is 4. The minimum atomic E-state index is -0.789. The Hall–Kier alpha value is -0.350. The minimum absolute atomic E-state index is 0.471. The first kappa shape index (κ1) is 12.7. The van der Waals surface area contributed by atoms with E-state index in [1.807, 2.05) is 18.2 Å². The maximum Gasteiger partial charge on any atom is 0.0496 e. The van der Waals surface area contributed by atoms with Gasteiger partial charge in [0, 0.05) is 32.5 Å². The van der Waals surface area contributed by atoms with Crippen molar-refractivity contribution in [3.63, 3.8) is 0 Å². The maximum atomic E-state index is 11.7. The maximum absolute atomic E-state index is 11.7. The van der Waals surface area contributed by atoms with Crippen LogP contribution in [0.2, 0.25) is 0 Å². The molecule has 1 rings (SSSR count). The summed E-state index contributed by atoms with van der Waals surface area (Å²) in [6, 6.07) is 5.62. The third-order valence-electron chi connectivity index (χ3n) is 1.91. The normalized spacial score (nSPS) is 13.1. The molecule has 2 nitrogen and oxygen atoms in total. The summed E-state index contributed by atoms with van der Waals surface area (Å²) in [5, 5.41) is 0. The van der Waals surface area contributed by atoms with E-state index in [0.717, 1.165) is 21.5 Å². The highest BCUT2D eigenvalue weighted by Gasteiger charge is 2.07. The molecule has 0 amide bonds. The largest absolute Gasteiger partial charge is 0.399 e. The fraction of sp³-hybridized carbons (Fsp3) is 0.455. The third-order valence-corrected chi connectivity index (χ3v) is 4.32. The molecule has 0 heterocycles. The fourth-order valence-electron chi connectivity index (χ4n) is 1.28. The van der Waals surface area contributed by atoms with E-state index >= 15 is 0 Å². The summed E-state index contributed by atoms with van der Waals surface area (Å²) in [6.07, 6.45) is 0. The molecule has 0 aromatic heterocycles. The molecular formula is C11H16BrNOS. The molecule has 0 saturated carbocycles. The Morgan fingerprint density at radius 3 is 2.67 bits per heavy atom. The monoisotopic (exact) mass is 289 g/mol. The van der Waals surface area contributed by atoms with E-state index in [9.17, 15) is 4.21 Å². The molecule has 15 heavy (non-hydrogen) atoms. The highest BCUT2D eigenvalue weighted by molar-refractivity contribution is 9.10. The van der Waals surface area contributed by atoms with Crippen molar-refractivity contribution >= 4 is 32.4 Å². The molecule has 0 fully saturated rings. The highest BCUT2D eigenvalue weighted by Crippen LogP contribution is 2.21. The quantitative estimate of drug-likeness (QED) is 0.866. The van der Waals surface area contributed by atoms with Crippen molar-refractivity contribution in [3.8, 4) is 0 Å². The molecule has 4 heteroatoms. The van der Waals surface area contributed by atoms with Gasteiger partial charge in [-0.15, -0.1) is 0 Å². The van der Waals surface area contributed by atoms with Crippen LogP contribution >= 0.6 is 15.9 Å². The summed E-state index contributed by atoms with van der Waals surface area (Å²) < 4.78 is 12.7. The first-order valence-corrected chi connectivity index (χ1v) is 7.16. The van der Waals surface area contributed by atoms with Crippen LogP contribution < -0.4 is 5.73 Å². The lowest BCUT2D eigenvalue weighted by atomic mass is 10.2. The zero-order valence-corrected chi connectivity index (χ0v) is 11.4. The molecule has 0 radical (unpaired) electrons. The molecule has 0 spiro atoms. The lowest BCUT2D eigenvalue weighted by molar-refractivity contribution is 0.664. The van der Waals surface area contributed by atoms with Gasteiger partial charge in [-0.3, -0.25) is 4.21 Å². The van der Waals surface area contributed by atoms with E-state index < -0.39 is 10.8 Å². The Balaban J connectivity index is 2.68. The van der Waals surface area contributed by atoms with Crippen molar-refractivity contribution in [2.24, 2.45) is 5.92 Å². The van der Waals surface area contributed by atoms with Gasteiger partial charge in [0.25, 0.3) is 0 Å². The standard InChI is InChI=1S/C11H16BrNOS/c1-8(2)6-15(14)7-9-3-4-10(13)5-11(9)12/h3-5,8H,6-7,13H2,1-2H3. The number of benzene rings is 1. The number of anilines is 1. The summed E-state index contributed by atoms with van der Waals surface area (Å²) >= 11 is 3.43. The molecule has 0 bridgehead atoms. The van der Waals surface area contributed by atoms with Crippen LogP contribution in [0, 0.1) is 5.92 Å². The molecule has 1 aromatic rings. The smallest absolute Gasteiger partial charge is 0.0496 e. The molecule has 2 N–H and O–H groups in total. The van der Waals surface area contributed by atoms with Gasteiger partial charge in [-0.25, -0.2) is 0 Å². The van der Waals surface area contributed by atoms with E-state index in [-0.39, 0.29) is 0 Å². The van der Waals surface area contributed by atoms with E-state index in [1.54, 1.807) is 0 Å². The van der Waals surface area contributed by atoms with Gasteiger partial charge in [-0.1, -0.05) is 35.8 Å². The number of halogens is 1. The lowest BCUT2D eigenvalue weighted by Crippen LogP contribution is -2.07. The van der Waals surface area contributed by atoms with Crippen LogP contribution in [0.4, 0.5) is 5.69 Å². The fourth-order valence-corrected chi connectivity index (χ4v) is 3.47. The van der Waals surface area contributed by atoms with Crippen molar-refractivity contribution in [2.75, 3.05) is 11.5 Å². The average molecular weight is 290 g/mol. The second-order valence-electron chi connectivity index (χ2n) is 4.00. The molecule has 0 aliphatic carbocycles. The van der Waals surface area contributed by atoms with Crippen LogP contribution in [-0.2, 0) is 16.6 Å². The molecule has 84 valence electrons. The summed E-state index contributed by atoms with van der Waals surface area (Å²) in [4.78, 5) is 0. The number of hydrogen-bond acceptors (Lipinski definition) is 2. The van der Waals surface area contributed by atoms with Crippen molar-refractivity contribution in [3.05, 3.63) is 28.2 Å². The molecule has 0 aliphatic heterocycles. The predicted octanol–water partition coefficient (Wildman–Crippen LogP) is 2.94. The van der Waals surface area contributed by atoms with Crippen molar-refractivity contribution in [1.82, 2.24) is 0 Å². The molecular weight excluding hydrogens is 274 g/mol. The van der Waals surface area contributed by atoms with Crippen LogP contribution in [0.5, 0.6) is 0 Å².